The zero-order chi connectivity index (χ0) is 12.4. The summed E-state index contributed by atoms with van der Waals surface area (Å²) in [6, 6.07) is 6.67. The number of H-pyrrole nitrogens is 1. The Morgan fingerprint density at radius 2 is 2.11 bits per heavy atom. The summed E-state index contributed by atoms with van der Waals surface area (Å²) in [6.07, 6.45) is 4.86. The van der Waals surface area contributed by atoms with Crippen molar-refractivity contribution in [1.82, 2.24) is 20.1 Å². The summed E-state index contributed by atoms with van der Waals surface area (Å²) in [5.74, 6) is 0.814. The molecule has 3 aromatic heterocycles. The number of aromatic nitrogens is 4. The molecular weight excluding hydrogens is 232 g/mol. The summed E-state index contributed by atoms with van der Waals surface area (Å²) in [4.78, 5) is 21.7. The first kappa shape index (κ1) is 10.4. The molecule has 0 aromatic carbocycles. The molecule has 18 heavy (non-hydrogen) atoms. The lowest BCUT2D eigenvalue weighted by atomic mass is 10.2. The molecule has 0 amide bonds. The second-order valence-electron chi connectivity index (χ2n) is 3.61. The minimum atomic E-state index is -0.175. The molecule has 0 aliphatic rings. The zero-order valence-corrected chi connectivity index (χ0v) is 9.20. The topological polar surface area (TPSA) is 84.7 Å². The number of nitrogens with one attached hydrogen (secondary N) is 1. The van der Waals surface area contributed by atoms with Crippen molar-refractivity contribution in [2.75, 3.05) is 0 Å². The van der Waals surface area contributed by atoms with Gasteiger partial charge in [-0.05, 0) is 18.2 Å². The van der Waals surface area contributed by atoms with Crippen LogP contribution in [0.1, 0.15) is 0 Å². The zero-order valence-electron chi connectivity index (χ0n) is 9.20. The molecule has 0 atom stereocenters. The molecule has 1 N–H and O–H groups in total. The third kappa shape index (κ3) is 1.91. The first-order chi connectivity index (χ1) is 8.83. The van der Waals surface area contributed by atoms with Gasteiger partial charge in [-0.15, -0.1) is 0 Å². The van der Waals surface area contributed by atoms with Crippen LogP contribution in [0.4, 0.5) is 0 Å². The number of hydrogen-bond acceptors (Lipinski definition) is 5. The number of nitrogens with zero attached hydrogens (tertiary/aromatic N) is 3. The molecule has 88 valence electrons. The molecule has 3 aromatic rings. The predicted octanol–water partition coefficient (Wildman–Crippen LogP) is 1.49. The maximum atomic E-state index is 10.9. The van der Waals surface area contributed by atoms with Crippen LogP contribution in [0.3, 0.4) is 0 Å². The molecule has 3 rings (SSSR count). The highest BCUT2D eigenvalue weighted by Crippen LogP contribution is 2.19. The van der Waals surface area contributed by atoms with Gasteiger partial charge in [0.25, 0.3) is 5.89 Å². The summed E-state index contributed by atoms with van der Waals surface area (Å²) in [7, 11) is 0. The summed E-state index contributed by atoms with van der Waals surface area (Å²) < 4.78 is 5.13. The number of rotatable bonds is 2. The Balaban J connectivity index is 1.99. The Hall–Kier alpha value is -2.76. The van der Waals surface area contributed by atoms with E-state index in [2.05, 4.69) is 20.1 Å². The van der Waals surface area contributed by atoms with E-state index in [1.54, 1.807) is 24.5 Å². The third-order valence-electron chi connectivity index (χ3n) is 2.38. The van der Waals surface area contributed by atoms with Gasteiger partial charge in [0.15, 0.2) is 0 Å². The van der Waals surface area contributed by atoms with Gasteiger partial charge < -0.3 is 9.51 Å². The van der Waals surface area contributed by atoms with Crippen molar-refractivity contribution < 1.29 is 4.52 Å². The van der Waals surface area contributed by atoms with Gasteiger partial charge in [-0.2, -0.15) is 4.98 Å². The Labute approximate surface area is 101 Å². The molecule has 3 heterocycles. The van der Waals surface area contributed by atoms with Crippen molar-refractivity contribution in [2.24, 2.45) is 0 Å². The van der Waals surface area contributed by atoms with Crippen molar-refractivity contribution in [2.45, 2.75) is 0 Å². The largest absolute Gasteiger partial charge is 0.334 e. The van der Waals surface area contributed by atoms with Crippen LogP contribution in [0.25, 0.3) is 22.8 Å². The Bertz CT molecular complexity index is 698. The van der Waals surface area contributed by atoms with Crippen LogP contribution >= 0.6 is 0 Å². The average Bonchev–Trinajstić information content (AvgIpc) is 2.90. The quantitative estimate of drug-likeness (QED) is 0.733. The van der Waals surface area contributed by atoms with E-state index >= 15 is 0 Å². The van der Waals surface area contributed by atoms with Gasteiger partial charge in [0.1, 0.15) is 0 Å². The summed E-state index contributed by atoms with van der Waals surface area (Å²) in [5, 5.41) is 3.87. The van der Waals surface area contributed by atoms with Crippen LogP contribution in [0.2, 0.25) is 0 Å². The molecule has 0 aliphatic carbocycles. The highest BCUT2D eigenvalue weighted by Gasteiger charge is 2.10. The minimum Gasteiger partial charge on any atom is -0.334 e. The van der Waals surface area contributed by atoms with Crippen molar-refractivity contribution in [3.8, 4) is 22.8 Å². The van der Waals surface area contributed by atoms with Crippen LogP contribution in [0, 0.1) is 0 Å². The van der Waals surface area contributed by atoms with Crippen molar-refractivity contribution in [1.29, 1.82) is 0 Å². The Morgan fingerprint density at radius 1 is 1.17 bits per heavy atom. The van der Waals surface area contributed by atoms with Crippen molar-refractivity contribution >= 4 is 0 Å². The first-order valence-corrected chi connectivity index (χ1v) is 5.26. The fourth-order valence-corrected chi connectivity index (χ4v) is 1.50. The molecule has 0 saturated heterocycles. The SMILES string of the molecule is O=c1ccc(-c2nc(-c3cccnc3)no2)c[nH]1. The van der Waals surface area contributed by atoms with Crippen molar-refractivity contribution in [3.63, 3.8) is 0 Å². The smallest absolute Gasteiger partial charge is 0.259 e. The average molecular weight is 240 g/mol. The highest BCUT2D eigenvalue weighted by atomic mass is 16.5. The lowest BCUT2D eigenvalue weighted by molar-refractivity contribution is 0.432. The van der Waals surface area contributed by atoms with Gasteiger partial charge in [0.05, 0.1) is 5.56 Å². The molecule has 0 radical (unpaired) electrons. The first-order valence-electron chi connectivity index (χ1n) is 5.26. The number of hydrogen-bond donors (Lipinski definition) is 1. The standard InChI is InChI=1S/C12H8N4O2/c17-10-4-3-9(7-14-10)12-15-11(16-18-12)8-2-1-5-13-6-8/h1-7H,(H,14,17). The Kier molecular flexibility index (Phi) is 2.45. The summed E-state index contributed by atoms with van der Waals surface area (Å²) >= 11 is 0. The molecule has 6 nitrogen and oxygen atoms in total. The van der Waals surface area contributed by atoms with Gasteiger partial charge in [-0.25, -0.2) is 0 Å². The predicted molar refractivity (Wildman–Crippen MR) is 63.6 cm³/mol. The monoisotopic (exact) mass is 240 g/mol. The minimum absolute atomic E-state index is 0.175. The van der Waals surface area contributed by atoms with E-state index in [0.717, 1.165) is 5.56 Å². The van der Waals surface area contributed by atoms with E-state index in [1.165, 1.54) is 12.3 Å². The fraction of sp³-hybridized carbons (Fsp3) is 0. The third-order valence-corrected chi connectivity index (χ3v) is 2.38. The van der Waals surface area contributed by atoms with Crippen LogP contribution in [0.5, 0.6) is 0 Å². The lowest BCUT2D eigenvalue weighted by Crippen LogP contribution is -2.01. The van der Waals surface area contributed by atoms with Gasteiger partial charge >= 0.3 is 0 Å². The van der Waals surface area contributed by atoms with Crippen LogP contribution < -0.4 is 5.56 Å². The number of pyridine rings is 2. The molecule has 0 unspecified atom stereocenters. The molecule has 0 spiro atoms. The second-order valence-corrected chi connectivity index (χ2v) is 3.61. The van der Waals surface area contributed by atoms with E-state index in [4.69, 9.17) is 4.52 Å². The molecule has 6 heteroatoms. The Morgan fingerprint density at radius 3 is 2.83 bits per heavy atom. The molecule has 0 aliphatic heterocycles. The van der Waals surface area contributed by atoms with Crippen LogP contribution in [-0.2, 0) is 0 Å². The van der Waals surface area contributed by atoms with Crippen molar-refractivity contribution in [3.05, 3.63) is 53.2 Å². The molecule has 0 bridgehead atoms. The molecular formula is C12H8N4O2. The van der Waals surface area contributed by atoms with Gasteiger partial charge in [-0.1, -0.05) is 5.16 Å². The second kappa shape index (κ2) is 4.25. The lowest BCUT2D eigenvalue weighted by Gasteiger charge is -1.91. The number of aromatic amines is 1. The van der Waals surface area contributed by atoms with Gasteiger partial charge in [-0.3, -0.25) is 9.78 Å². The summed E-state index contributed by atoms with van der Waals surface area (Å²) in [5.41, 5.74) is 1.26. The van der Waals surface area contributed by atoms with E-state index in [1.807, 2.05) is 6.07 Å². The fourth-order valence-electron chi connectivity index (χ4n) is 1.50. The van der Waals surface area contributed by atoms with E-state index in [9.17, 15) is 4.79 Å². The molecule has 0 fully saturated rings. The van der Waals surface area contributed by atoms with Gasteiger partial charge in [0.2, 0.25) is 11.4 Å². The normalized spacial score (nSPS) is 10.4. The van der Waals surface area contributed by atoms with E-state index in [-0.39, 0.29) is 5.56 Å². The molecule has 0 saturated carbocycles. The highest BCUT2D eigenvalue weighted by molar-refractivity contribution is 5.57. The summed E-state index contributed by atoms with van der Waals surface area (Å²) in [6.45, 7) is 0. The van der Waals surface area contributed by atoms with Crippen LogP contribution in [0.15, 0.2) is 52.2 Å². The van der Waals surface area contributed by atoms with Gasteiger partial charge in [0, 0.05) is 30.2 Å². The maximum Gasteiger partial charge on any atom is 0.259 e. The van der Waals surface area contributed by atoms with Crippen LogP contribution in [-0.4, -0.2) is 20.1 Å². The maximum absolute atomic E-state index is 10.9. The van der Waals surface area contributed by atoms with E-state index < -0.39 is 0 Å². The van der Waals surface area contributed by atoms with E-state index in [0.29, 0.717) is 17.3 Å².